The van der Waals surface area contributed by atoms with Crippen molar-refractivity contribution in [3.8, 4) is 0 Å². The van der Waals surface area contributed by atoms with Crippen LogP contribution in [0.2, 0.25) is 0 Å². The number of carbonyl (C=O) groups is 2. The molecular weight excluding hydrogens is 357 g/mol. The maximum Gasteiger partial charge on any atom is 0.251 e. The molecule has 2 aromatic rings. The van der Waals surface area contributed by atoms with E-state index in [-0.39, 0.29) is 24.2 Å². The van der Waals surface area contributed by atoms with E-state index in [1.807, 2.05) is 31.2 Å². The summed E-state index contributed by atoms with van der Waals surface area (Å²) in [5, 5.41) is 2.72. The van der Waals surface area contributed by atoms with E-state index < -0.39 is 0 Å². The molecule has 2 amide bonds. The summed E-state index contributed by atoms with van der Waals surface area (Å²) in [5.74, 6) is -0.518. The van der Waals surface area contributed by atoms with Crippen molar-refractivity contribution < 1.29 is 14.0 Å². The van der Waals surface area contributed by atoms with Gasteiger partial charge < -0.3 is 10.2 Å². The van der Waals surface area contributed by atoms with Crippen LogP contribution in [-0.4, -0.2) is 54.3 Å². The fraction of sp³-hybridized carbons (Fsp3) is 0.364. The molecule has 0 spiro atoms. The average molecular weight is 383 g/mol. The molecule has 0 radical (unpaired) electrons. The van der Waals surface area contributed by atoms with Crippen LogP contribution in [0.5, 0.6) is 0 Å². The molecule has 1 N–H and O–H groups in total. The minimum Gasteiger partial charge on any atom is -0.343 e. The molecule has 6 heteroatoms. The van der Waals surface area contributed by atoms with Gasteiger partial charge >= 0.3 is 0 Å². The van der Waals surface area contributed by atoms with E-state index in [1.54, 1.807) is 23.1 Å². The van der Waals surface area contributed by atoms with E-state index in [0.717, 1.165) is 18.5 Å². The molecule has 28 heavy (non-hydrogen) atoms. The van der Waals surface area contributed by atoms with Gasteiger partial charge in [-0.2, -0.15) is 0 Å². The molecule has 3 rings (SSSR count). The Balaban J connectivity index is 1.49. The van der Waals surface area contributed by atoms with Gasteiger partial charge in [0.15, 0.2) is 0 Å². The van der Waals surface area contributed by atoms with Gasteiger partial charge in [0.25, 0.3) is 5.91 Å². The van der Waals surface area contributed by atoms with Crippen LogP contribution in [0.15, 0.2) is 48.5 Å². The zero-order chi connectivity index (χ0) is 19.9. The van der Waals surface area contributed by atoms with Crippen LogP contribution in [0, 0.1) is 12.7 Å². The number of amides is 2. The van der Waals surface area contributed by atoms with E-state index in [1.165, 1.54) is 6.07 Å². The maximum atomic E-state index is 13.9. The SMILES string of the molecule is Cc1ccccc1C(=O)NCC(=O)N1CCCN(Cc2ccccc2F)CC1. The van der Waals surface area contributed by atoms with Gasteiger partial charge in [-0.25, -0.2) is 4.39 Å². The first-order chi connectivity index (χ1) is 13.5. The summed E-state index contributed by atoms with van der Waals surface area (Å²) in [7, 11) is 0. The molecule has 1 saturated heterocycles. The van der Waals surface area contributed by atoms with Crippen LogP contribution >= 0.6 is 0 Å². The molecule has 0 aromatic heterocycles. The van der Waals surface area contributed by atoms with Gasteiger partial charge in [0.2, 0.25) is 5.91 Å². The third-order valence-corrected chi connectivity index (χ3v) is 5.08. The molecule has 0 bridgehead atoms. The molecule has 0 saturated carbocycles. The number of nitrogens with zero attached hydrogens (tertiary/aromatic N) is 2. The number of aryl methyl sites for hydroxylation is 1. The van der Waals surface area contributed by atoms with Crippen molar-refractivity contribution in [2.75, 3.05) is 32.7 Å². The summed E-state index contributed by atoms with van der Waals surface area (Å²) in [4.78, 5) is 28.7. The molecule has 0 unspecified atom stereocenters. The third kappa shape index (κ3) is 5.16. The van der Waals surface area contributed by atoms with Gasteiger partial charge in [-0.3, -0.25) is 14.5 Å². The Morgan fingerprint density at radius 1 is 1.00 bits per heavy atom. The molecule has 5 nitrogen and oxygen atoms in total. The lowest BCUT2D eigenvalue weighted by Gasteiger charge is -2.22. The van der Waals surface area contributed by atoms with E-state index in [4.69, 9.17) is 0 Å². The van der Waals surface area contributed by atoms with Crippen LogP contribution in [0.1, 0.15) is 27.9 Å². The van der Waals surface area contributed by atoms with E-state index in [0.29, 0.717) is 37.3 Å². The minimum atomic E-state index is -0.234. The number of halogens is 1. The number of nitrogens with one attached hydrogen (secondary N) is 1. The van der Waals surface area contributed by atoms with Gasteiger partial charge in [-0.15, -0.1) is 0 Å². The minimum absolute atomic E-state index is 0.0134. The fourth-order valence-corrected chi connectivity index (χ4v) is 3.44. The van der Waals surface area contributed by atoms with Crippen LogP contribution < -0.4 is 5.32 Å². The lowest BCUT2D eigenvalue weighted by atomic mass is 10.1. The molecule has 2 aromatic carbocycles. The highest BCUT2D eigenvalue weighted by Crippen LogP contribution is 2.12. The Kier molecular flexibility index (Phi) is 6.76. The van der Waals surface area contributed by atoms with Crippen LogP contribution in [0.4, 0.5) is 4.39 Å². The summed E-state index contributed by atoms with van der Waals surface area (Å²) >= 11 is 0. The van der Waals surface area contributed by atoms with Crippen LogP contribution in [0.25, 0.3) is 0 Å². The van der Waals surface area contributed by atoms with Crippen molar-refractivity contribution in [3.63, 3.8) is 0 Å². The number of rotatable bonds is 5. The summed E-state index contributed by atoms with van der Waals surface area (Å²) in [6.45, 7) is 5.12. The Labute approximate surface area is 165 Å². The number of benzene rings is 2. The van der Waals surface area contributed by atoms with Crippen LogP contribution in [0.3, 0.4) is 0 Å². The van der Waals surface area contributed by atoms with Crippen molar-refractivity contribution in [3.05, 3.63) is 71.0 Å². The first-order valence-electron chi connectivity index (χ1n) is 9.62. The second-order valence-electron chi connectivity index (χ2n) is 7.10. The molecule has 1 heterocycles. The Morgan fingerprint density at radius 3 is 2.54 bits per heavy atom. The zero-order valence-corrected chi connectivity index (χ0v) is 16.2. The van der Waals surface area contributed by atoms with Gasteiger partial charge in [-0.05, 0) is 31.0 Å². The third-order valence-electron chi connectivity index (χ3n) is 5.08. The van der Waals surface area contributed by atoms with Gasteiger partial charge in [0.1, 0.15) is 5.82 Å². The van der Waals surface area contributed by atoms with Crippen molar-refractivity contribution in [1.82, 2.24) is 15.1 Å². The molecule has 1 aliphatic heterocycles. The maximum absolute atomic E-state index is 13.9. The molecule has 148 valence electrons. The summed E-state index contributed by atoms with van der Waals surface area (Å²) in [6.07, 6.45) is 0.825. The van der Waals surface area contributed by atoms with Crippen molar-refractivity contribution in [2.24, 2.45) is 0 Å². The summed E-state index contributed by atoms with van der Waals surface area (Å²) in [5.41, 5.74) is 2.14. The highest BCUT2D eigenvalue weighted by molar-refractivity contribution is 5.97. The molecule has 1 fully saturated rings. The Bertz CT molecular complexity index is 840. The van der Waals surface area contributed by atoms with E-state index in [2.05, 4.69) is 10.2 Å². The predicted octanol–water partition coefficient (Wildman–Crippen LogP) is 2.60. The normalized spacial score (nSPS) is 15.1. The summed E-state index contributed by atoms with van der Waals surface area (Å²) in [6, 6.07) is 14.1. The topological polar surface area (TPSA) is 52.7 Å². The molecule has 0 atom stereocenters. The Morgan fingerprint density at radius 2 is 1.75 bits per heavy atom. The van der Waals surface area contributed by atoms with E-state index >= 15 is 0 Å². The predicted molar refractivity (Wildman–Crippen MR) is 106 cm³/mol. The smallest absolute Gasteiger partial charge is 0.251 e. The Hall–Kier alpha value is -2.73. The van der Waals surface area contributed by atoms with E-state index in [9.17, 15) is 14.0 Å². The van der Waals surface area contributed by atoms with Crippen molar-refractivity contribution in [2.45, 2.75) is 19.9 Å². The quantitative estimate of drug-likeness (QED) is 0.864. The largest absolute Gasteiger partial charge is 0.343 e. The van der Waals surface area contributed by atoms with Crippen molar-refractivity contribution >= 4 is 11.8 Å². The number of hydrogen-bond acceptors (Lipinski definition) is 3. The number of carbonyl (C=O) groups excluding carboxylic acids is 2. The lowest BCUT2D eigenvalue weighted by Crippen LogP contribution is -2.42. The van der Waals surface area contributed by atoms with Gasteiger partial charge in [-0.1, -0.05) is 36.4 Å². The molecule has 0 aliphatic carbocycles. The lowest BCUT2D eigenvalue weighted by molar-refractivity contribution is -0.130. The second-order valence-corrected chi connectivity index (χ2v) is 7.10. The van der Waals surface area contributed by atoms with Crippen LogP contribution in [-0.2, 0) is 11.3 Å². The zero-order valence-electron chi connectivity index (χ0n) is 16.2. The average Bonchev–Trinajstić information content (AvgIpc) is 2.94. The highest BCUT2D eigenvalue weighted by atomic mass is 19.1. The van der Waals surface area contributed by atoms with Gasteiger partial charge in [0.05, 0.1) is 6.54 Å². The second kappa shape index (κ2) is 9.46. The fourth-order valence-electron chi connectivity index (χ4n) is 3.44. The highest BCUT2D eigenvalue weighted by Gasteiger charge is 2.20. The first kappa shape index (κ1) is 20.0. The molecular formula is C22H26FN3O2. The monoisotopic (exact) mass is 383 g/mol. The standard InChI is InChI=1S/C22H26FN3O2/c1-17-7-2-4-9-19(17)22(28)24-15-21(27)26-12-6-11-25(13-14-26)16-18-8-3-5-10-20(18)23/h2-5,7-10H,6,11-16H2,1H3,(H,24,28). The first-order valence-corrected chi connectivity index (χ1v) is 9.62. The van der Waals surface area contributed by atoms with Crippen molar-refractivity contribution in [1.29, 1.82) is 0 Å². The number of hydrogen-bond donors (Lipinski definition) is 1. The van der Waals surface area contributed by atoms with Gasteiger partial charge in [0, 0.05) is 43.9 Å². The summed E-state index contributed by atoms with van der Waals surface area (Å²) < 4.78 is 13.9. The molecule has 1 aliphatic rings.